The van der Waals surface area contributed by atoms with E-state index in [0.717, 1.165) is 0 Å². The Labute approximate surface area is 84.4 Å². The Morgan fingerprint density at radius 1 is 1.50 bits per heavy atom. The van der Waals surface area contributed by atoms with E-state index in [1.165, 1.54) is 6.08 Å². The first kappa shape index (κ1) is 13.0. The maximum Gasteiger partial charge on any atom is 0.155 e. The number of rotatable bonds is 7. The number of hydrogen-bond donors (Lipinski definition) is 0. The molecule has 0 N–H and O–H groups in total. The van der Waals surface area contributed by atoms with Crippen molar-refractivity contribution in [3.05, 3.63) is 24.3 Å². The molecular formula is C11H17FO2. The summed E-state index contributed by atoms with van der Waals surface area (Å²) < 4.78 is 11.8. The highest BCUT2D eigenvalue weighted by atomic mass is 19.3. The van der Waals surface area contributed by atoms with E-state index in [2.05, 4.69) is 4.94 Å². The van der Waals surface area contributed by atoms with E-state index in [1.807, 2.05) is 19.9 Å². The number of carbonyl (C=O) groups is 1. The summed E-state index contributed by atoms with van der Waals surface area (Å²) in [4.78, 5) is 14.8. The number of ketones is 1. The normalized spacial score (nSPS) is 13.9. The van der Waals surface area contributed by atoms with Gasteiger partial charge in [0.2, 0.25) is 0 Å². The highest BCUT2D eigenvalue weighted by Gasteiger charge is 2.08. The SMILES string of the molecule is C/C=C/C=C/C(=O)CCC(CC)OF. The number of allylic oxidation sites excluding steroid dienone is 4. The van der Waals surface area contributed by atoms with Gasteiger partial charge in [0.05, 0.1) is 6.10 Å². The van der Waals surface area contributed by atoms with Gasteiger partial charge >= 0.3 is 0 Å². The summed E-state index contributed by atoms with van der Waals surface area (Å²) in [5, 5.41) is 0. The Kier molecular flexibility index (Phi) is 8.04. The van der Waals surface area contributed by atoms with Crippen molar-refractivity contribution in [3.8, 4) is 0 Å². The summed E-state index contributed by atoms with van der Waals surface area (Å²) in [5.41, 5.74) is 0. The van der Waals surface area contributed by atoms with Crippen LogP contribution in [0.15, 0.2) is 24.3 Å². The molecule has 0 bridgehead atoms. The third-order valence-corrected chi connectivity index (χ3v) is 1.88. The zero-order chi connectivity index (χ0) is 10.8. The van der Waals surface area contributed by atoms with E-state index in [1.54, 1.807) is 12.2 Å². The Morgan fingerprint density at radius 3 is 2.71 bits per heavy atom. The van der Waals surface area contributed by atoms with Crippen molar-refractivity contribution >= 4 is 5.78 Å². The minimum Gasteiger partial charge on any atom is -0.295 e. The lowest BCUT2D eigenvalue weighted by atomic mass is 10.1. The zero-order valence-corrected chi connectivity index (χ0v) is 8.70. The smallest absolute Gasteiger partial charge is 0.155 e. The second kappa shape index (κ2) is 8.63. The van der Waals surface area contributed by atoms with Crippen LogP contribution in [-0.2, 0) is 9.74 Å². The maximum absolute atomic E-state index is 11.8. The van der Waals surface area contributed by atoms with Crippen molar-refractivity contribution in [1.29, 1.82) is 0 Å². The average molecular weight is 200 g/mol. The first-order valence-corrected chi connectivity index (χ1v) is 4.84. The summed E-state index contributed by atoms with van der Waals surface area (Å²) >= 11 is 0. The van der Waals surface area contributed by atoms with Crippen LogP contribution >= 0.6 is 0 Å². The summed E-state index contributed by atoms with van der Waals surface area (Å²) in [6.07, 6.45) is 7.69. The number of halogens is 1. The minimum absolute atomic E-state index is 0.00130. The Morgan fingerprint density at radius 2 is 2.21 bits per heavy atom. The molecule has 14 heavy (non-hydrogen) atoms. The van der Waals surface area contributed by atoms with Gasteiger partial charge in [-0.05, 0) is 30.4 Å². The van der Waals surface area contributed by atoms with Crippen molar-refractivity contribution in [2.24, 2.45) is 0 Å². The molecule has 0 heterocycles. The largest absolute Gasteiger partial charge is 0.295 e. The van der Waals surface area contributed by atoms with Gasteiger partial charge in [0, 0.05) is 6.42 Å². The lowest BCUT2D eigenvalue weighted by molar-refractivity contribution is -0.181. The second-order valence-corrected chi connectivity index (χ2v) is 3.01. The van der Waals surface area contributed by atoms with Crippen molar-refractivity contribution in [2.75, 3.05) is 0 Å². The highest BCUT2D eigenvalue weighted by Crippen LogP contribution is 2.07. The molecule has 0 aliphatic carbocycles. The molecule has 0 rings (SSSR count). The molecule has 0 saturated heterocycles. The quantitative estimate of drug-likeness (QED) is 0.466. The second-order valence-electron chi connectivity index (χ2n) is 3.01. The topological polar surface area (TPSA) is 26.3 Å². The predicted octanol–water partition coefficient (Wildman–Crippen LogP) is 3.15. The first-order valence-electron chi connectivity index (χ1n) is 4.84. The molecule has 0 aromatic carbocycles. The predicted molar refractivity (Wildman–Crippen MR) is 54.5 cm³/mol. The molecule has 0 aromatic heterocycles. The van der Waals surface area contributed by atoms with E-state index < -0.39 is 6.10 Å². The third-order valence-electron chi connectivity index (χ3n) is 1.88. The molecular weight excluding hydrogens is 183 g/mol. The van der Waals surface area contributed by atoms with Gasteiger partial charge in [-0.1, -0.05) is 25.2 Å². The maximum atomic E-state index is 11.8. The van der Waals surface area contributed by atoms with Gasteiger partial charge in [-0.15, -0.1) is 0 Å². The van der Waals surface area contributed by atoms with Crippen LogP contribution in [0.2, 0.25) is 0 Å². The number of hydrogen-bond acceptors (Lipinski definition) is 2. The highest BCUT2D eigenvalue weighted by molar-refractivity contribution is 5.89. The van der Waals surface area contributed by atoms with Gasteiger partial charge < -0.3 is 0 Å². The van der Waals surface area contributed by atoms with E-state index in [-0.39, 0.29) is 5.78 Å². The zero-order valence-electron chi connectivity index (χ0n) is 8.70. The molecule has 3 heteroatoms. The first-order chi connectivity index (χ1) is 6.74. The fourth-order valence-corrected chi connectivity index (χ4v) is 0.972. The van der Waals surface area contributed by atoms with Gasteiger partial charge in [0.1, 0.15) is 0 Å². The molecule has 80 valence electrons. The molecule has 0 aliphatic heterocycles. The van der Waals surface area contributed by atoms with Crippen LogP contribution in [0, 0.1) is 0 Å². The van der Waals surface area contributed by atoms with Crippen molar-refractivity contribution < 1.29 is 14.3 Å². The van der Waals surface area contributed by atoms with Crippen LogP contribution in [0.5, 0.6) is 0 Å². The van der Waals surface area contributed by atoms with Crippen LogP contribution in [0.4, 0.5) is 4.53 Å². The Bertz CT molecular complexity index is 205. The molecule has 0 amide bonds. The molecule has 0 fully saturated rings. The van der Waals surface area contributed by atoms with Gasteiger partial charge in [-0.3, -0.25) is 4.79 Å². The summed E-state index contributed by atoms with van der Waals surface area (Å²) in [6.45, 7) is 3.70. The van der Waals surface area contributed by atoms with Crippen LogP contribution in [0.25, 0.3) is 0 Å². The molecule has 2 nitrogen and oxygen atoms in total. The van der Waals surface area contributed by atoms with Crippen LogP contribution in [0.3, 0.4) is 0 Å². The average Bonchev–Trinajstić information content (AvgIpc) is 2.20. The summed E-state index contributed by atoms with van der Waals surface area (Å²) in [7, 11) is 0. The molecule has 0 radical (unpaired) electrons. The fraction of sp³-hybridized carbons (Fsp3) is 0.545. The fourth-order valence-electron chi connectivity index (χ4n) is 0.972. The van der Waals surface area contributed by atoms with E-state index in [0.29, 0.717) is 19.3 Å². The summed E-state index contributed by atoms with van der Waals surface area (Å²) in [6, 6.07) is 0. The van der Waals surface area contributed by atoms with Crippen LogP contribution in [-0.4, -0.2) is 11.9 Å². The molecule has 1 atom stereocenters. The Balaban J connectivity index is 3.72. The molecule has 0 saturated carbocycles. The Hall–Kier alpha value is -0.960. The standard InChI is InChI=1S/C11H17FO2/c1-3-5-6-7-10(13)8-9-11(4-2)14-12/h3,5-7,11H,4,8-9H2,1-2H3/b5-3+,7-6+. The van der Waals surface area contributed by atoms with Crippen molar-refractivity contribution in [3.63, 3.8) is 0 Å². The third kappa shape index (κ3) is 6.54. The lowest BCUT2D eigenvalue weighted by Crippen LogP contribution is -2.08. The molecule has 0 spiro atoms. The van der Waals surface area contributed by atoms with Gasteiger partial charge in [0.25, 0.3) is 0 Å². The minimum atomic E-state index is -0.450. The van der Waals surface area contributed by atoms with Crippen molar-refractivity contribution in [1.82, 2.24) is 0 Å². The number of carbonyl (C=O) groups excluding carboxylic acids is 1. The molecule has 1 unspecified atom stereocenters. The molecule has 0 aromatic rings. The monoisotopic (exact) mass is 200 g/mol. The van der Waals surface area contributed by atoms with E-state index >= 15 is 0 Å². The lowest BCUT2D eigenvalue weighted by Gasteiger charge is -2.06. The van der Waals surface area contributed by atoms with Crippen LogP contribution in [0.1, 0.15) is 33.1 Å². The van der Waals surface area contributed by atoms with E-state index in [4.69, 9.17) is 0 Å². The van der Waals surface area contributed by atoms with Crippen LogP contribution < -0.4 is 0 Å². The molecule has 0 aliphatic rings. The van der Waals surface area contributed by atoms with E-state index in [9.17, 15) is 9.32 Å². The van der Waals surface area contributed by atoms with Crippen molar-refractivity contribution in [2.45, 2.75) is 39.2 Å². The summed E-state index contributed by atoms with van der Waals surface area (Å²) in [5.74, 6) is -0.00130. The van der Waals surface area contributed by atoms with Gasteiger partial charge in [-0.25, -0.2) is 0 Å². The van der Waals surface area contributed by atoms with Gasteiger partial charge in [0.15, 0.2) is 5.78 Å². The van der Waals surface area contributed by atoms with Gasteiger partial charge in [-0.2, -0.15) is 4.94 Å².